The van der Waals surface area contributed by atoms with E-state index in [4.69, 9.17) is 11.6 Å². The largest absolute Gasteiger partial charge is 0.493 e. The van der Waals surface area contributed by atoms with E-state index in [-0.39, 0.29) is 28.5 Å². The molecule has 2 heterocycles. The summed E-state index contributed by atoms with van der Waals surface area (Å²) in [7, 11) is 0. The molecule has 0 unspecified atom stereocenters. The van der Waals surface area contributed by atoms with Crippen LogP contribution < -0.4 is 0 Å². The summed E-state index contributed by atoms with van der Waals surface area (Å²) in [5, 5.41) is 19.7. The highest BCUT2D eigenvalue weighted by Crippen LogP contribution is 2.46. The highest BCUT2D eigenvalue weighted by atomic mass is 35.5. The highest BCUT2D eigenvalue weighted by Gasteiger charge is 2.29. The standard InChI is InChI=1S/C18H14ClF2N3OS/c1-9-4-10(19)2-3-15(9)22-23-16-13-5-11(20)6-14(21)17(13)24(18(16)25)12-7-26-8-12/h2-6,12,25H,7-8H2,1H3. The molecule has 1 aliphatic rings. The van der Waals surface area contributed by atoms with Gasteiger partial charge in [0, 0.05) is 28.0 Å². The van der Waals surface area contributed by atoms with Crippen LogP contribution in [0.1, 0.15) is 11.6 Å². The number of azo groups is 1. The number of benzene rings is 2. The van der Waals surface area contributed by atoms with E-state index in [1.165, 1.54) is 10.6 Å². The Morgan fingerprint density at radius 2 is 1.96 bits per heavy atom. The van der Waals surface area contributed by atoms with Crippen LogP contribution in [0.2, 0.25) is 5.02 Å². The molecule has 1 N–H and O–H groups in total. The molecule has 2 aromatic carbocycles. The molecular formula is C18H14ClF2N3OS. The van der Waals surface area contributed by atoms with Gasteiger partial charge < -0.3 is 9.67 Å². The van der Waals surface area contributed by atoms with Crippen molar-refractivity contribution < 1.29 is 13.9 Å². The van der Waals surface area contributed by atoms with Gasteiger partial charge in [-0.1, -0.05) is 11.6 Å². The zero-order valence-corrected chi connectivity index (χ0v) is 15.3. The molecule has 1 fully saturated rings. The summed E-state index contributed by atoms with van der Waals surface area (Å²) in [6, 6.07) is 7.05. The Morgan fingerprint density at radius 3 is 2.62 bits per heavy atom. The molecule has 3 aromatic rings. The topological polar surface area (TPSA) is 49.9 Å². The van der Waals surface area contributed by atoms with Crippen LogP contribution in [-0.4, -0.2) is 21.2 Å². The molecule has 1 aromatic heterocycles. The van der Waals surface area contributed by atoms with Crippen molar-refractivity contribution in [3.8, 4) is 5.88 Å². The molecule has 0 saturated carbocycles. The van der Waals surface area contributed by atoms with Crippen molar-refractivity contribution in [3.05, 3.63) is 52.6 Å². The molecule has 8 heteroatoms. The van der Waals surface area contributed by atoms with Crippen LogP contribution in [0.4, 0.5) is 20.2 Å². The fourth-order valence-corrected chi connectivity index (χ4v) is 3.96. The molecule has 26 heavy (non-hydrogen) atoms. The summed E-state index contributed by atoms with van der Waals surface area (Å²) in [5.41, 5.74) is 1.57. The second-order valence-corrected chi connectivity index (χ2v) is 7.66. The van der Waals surface area contributed by atoms with Gasteiger partial charge in [-0.3, -0.25) is 0 Å². The molecule has 0 spiro atoms. The van der Waals surface area contributed by atoms with Gasteiger partial charge in [0.25, 0.3) is 0 Å². The number of thioether (sulfide) groups is 1. The number of aromatic hydroxyl groups is 1. The van der Waals surface area contributed by atoms with Gasteiger partial charge in [0.1, 0.15) is 5.82 Å². The number of halogens is 3. The normalized spacial score (nSPS) is 15.1. The van der Waals surface area contributed by atoms with Gasteiger partial charge in [0.15, 0.2) is 11.5 Å². The molecule has 0 radical (unpaired) electrons. The van der Waals surface area contributed by atoms with Gasteiger partial charge in [0.2, 0.25) is 5.88 Å². The number of rotatable bonds is 3. The first kappa shape index (κ1) is 17.3. The molecule has 4 rings (SSSR count). The maximum Gasteiger partial charge on any atom is 0.221 e. The maximum absolute atomic E-state index is 14.4. The van der Waals surface area contributed by atoms with Gasteiger partial charge in [-0.15, -0.1) is 5.11 Å². The summed E-state index contributed by atoms with van der Waals surface area (Å²) in [5.74, 6) is -0.155. The van der Waals surface area contributed by atoms with Gasteiger partial charge >= 0.3 is 0 Å². The third kappa shape index (κ3) is 2.85. The smallest absolute Gasteiger partial charge is 0.221 e. The average Bonchev–Trinajstić information content (AvgIpc) is 2.78. The van der Waals surface area contributed by atoms with E-state index < -0.39 is 11.6 Å². The van der Waals surface area contributed by atoms with Crippen molar-refractivity contribution in [1.29, 1.82) is 0 Å². The zero-order valence-electron chi connectivity index (χ0n) is 13.7. The molecular weight excluding hydrogens is 380 g/mol. The number of hydrogen-bond donors (Lipinski definition) is 1. The van der Waals surface area contributed by atoms with Crippen LogP contribution in [0.15, 0.2) is 40.6 Å². The fraction of sp³-hybridized carbons (Fsp3) is 0.222. The van der Waals surface area contributed by atoms with Crippen LogP contribution in [0.3, 0.4) is 0 Å². The van der Waals surface area contributed by atoms with E-state index >= 15 is 0 Å². The first-order valence-corrected chi connectivity index (χ1v) is 9.46. The Hall–Kier alpha value is -2.12. The summed E-state index contributed by atoms with van der Waals surface area (Å²) in [6.07, 6.45) is 0. The van der Waals surface area contributed by atoms with Crippen molar-refractivity contribution in [2.75, 3.05) is 11.5 Å². The molecule has 0 atom stereocenters. The summed E-state index contributed by atoms with van der Waals surface area (Å²) < 4.78 is 29.7. The Bertz CT molecular complexity index is 1050. The van der Waals surface area contributed by atoms with Crippen molar-refractivity contribution >= 4 is 45.6 Å². The fourth-order valence-electron chi connectivity index (χ4n) is 2.99. The number of aryl methyl sites for hydroxylation is 1. The molecule has 4 nitrogen and oxygen atoms in total. The maximum atomic E-state index is 14.4. The molecule has 1 aliphatic heterocycles. The Balaban J connectivity index is 1.89. The minimum Gasteiger partial charge on any atom is -0.493 e. The van der Waals surface area contributed by atoms with Crippen molar-refractivity contribution in [3.63, 3.8) is 0 Å². The van der Waals surface area contributed by atoms with E-state index in [0.717, 1.165) is 23.1 Å². The third-order valence-corrected chi connectivity index (χ3v) is 5.84. The molecule has 0 bridgehead atoms. The number of fused-ring (bicyclic) bond motifs is 1. The minimum atomic E-state index is -0.728. The average molecular weight is 394 g/mol. The predicted octanol–water partition coefficient (Wildman–Crippen LogP) is 6.29. The van der Waals surface area contributed by atoms with Crippen molar-refractivity contribution in [2.45, 2.75) is 13.0 Å². The summed E-state index contributed by atoms with van der Waals surface area (Å²) in [4.78, 5) is 0. The summed E-state index contributed by atoms with van der Waals surface area (Å²) in [6.45, 7) is 1.83. The predicted molar refractivity (Wildman–Crippen MR) is 100 cm³/mol. The van der Waals surface area contributed by atoms with Gasteiger partial charge in [-0.25, -0.2) is 8.78 Å². The number of aromatic nitrogens is 1. The Kier molecular flexibility index (Phi) is 4.36. The second kappa shape index (κ2) is 6.55. The van der Waals surface area contributed by atoms with Crippen LogP contribution in [-0.2, 0) is 0 Å². The van der Waals surface area contributed by atoms with Crippen LogP contribution >= 0.6 is 23.4 Å². The first-order valence-electron chi connectivity index (χ1n) is 7.93. The first-order chi connectivity index (χ1) is 12.5. The van der Waals surface area contributed by atoms with Crippen molar-refractivity contribution in [2.24, 2.45) is 10.2 Å². The zero-order chi connectivity index (χ0) is 18.4. The van der Waals surface area contributed by atoms with Crippen LogP contribution in [0.5, 0.6) is 5.88 Å². The van der Waals surface area contributed by atoms with Gasteiger partial charge in [-0.05, 0) is 36.8 Å². The third-order valence-electron chi connectivity index (χ3n) is 4.37. The molecule has 0 aliphatic carbocycles. The van der Waals surface area contributed by atoms with Crippen LogP contribution in [0, 0.1) is 18.6 Å². The molecule has 134 valence electrons. The Labute approximate surface area is 157 Å². The molecule has 0 amide bonds. The SMILES string of the molecule is Cc1cc(Cl)ccc1N=Nc1c(O)n(C2CSC2)c2c(F)cc(F)cc12. The summed E-state index contributed by atoms with van der Waals surface area (Å²) >= 11 is 7.63. The van der Waals surface area contributed by atoms with Crippen molar-refractivity contribution in [1.82, 2.24) is 4.57 Å². The number of nitrogens with zero attached hydrogens (tertiary/aromatic N) is 3. The van der Waals surface area contributed by atoms with Gasteiger partial charge in [0.05, 0.1) is 17.2 Å². The monoisotopic (exact) mass is 393 g/mol. The Morgan fingerprint density at radius 1 is 1.19 bits per heavy atom. The lowest BCUT2D eigenvalue weighted by atomic mass is 10.2. The van der Waals surface area contributed by atoms with E-state index in [1.807, 2.05) is 6.92 Å². The quantitative estimate of drug-likeness (QED) is 0.531. The second-order valence-electron chi connectivity index (χ2n) is 6.15. The van der Waals surface area contributed by atoms with E-state index in [9.17, 15) is 13.9 Å². The minimum absolute atomic E-state index is 0.0521. The number of hydrogen-bond acceptors (Lipinski definition) is 4. The van der Waals surface area contributed by atoms with E-state index in [1.54, 1.807) is 30.0 Å². The van der Waals surface area contributed by atoms with E-state index in [2.05, 4.69) is 10.2 Å². The lowest BCUT2D eigenvalue weighted by molar-refractivity contribution is 0.404. The molecule has 1 saturated heterocycles. The lowest BCUT2D eigenvalue weighted by Gasteiger charge is -2.27. The van der Waals surface area contributed by atoms with Crippen LogP contribution in [0.25, 0.3) is 10.9 Å². The highest BCUT2D eigenvalue weighted by molar-refractivity contribution is 8.00. The lowest BCUT2D eigenvalue weighted by Crippen LogP contribution is -2.22. The van der Waals surface area contributed by atoms with E-state index in [0.29, 0.717) is 10.7 Å². The van der Waals surface area contributed by atoms with Gasteiger partial charge in [-0.2, -0.15) is 16.9 Å².